The Hall–Kier alpha value is -2.43. The van der Waals surface area contributed by atoms with E-state index in [2.05, 4.69) is 23.8 Å². The number of aromatic nitrogens is 2. The Kier molecular flexibility index (Phi) is 4.32. The largest absolute Gasteiger partial charge is 0.475 e. The van der Waals surface area contributed by atoms with Gasteiger partial charge in [0.25, 0.3) is 0 Å². The molecular formula is C17H19N3O2. The van der Waals surface area contributed by atoms with Gasteiger partial charge in [0.2, 0.25) is 11.8 Å². The molecule has 0 aliphatic carbocycles. The Balaban J connectivity index is 1.86. The number of rotatable bonds is 5. The van der Waals surface area contributed by atoms with Crippen LogP contribution in [0.15, 0.2) is 47.8 Å². The first-order chi connectivity index (χ1) is 10.8. The Bertz CT molecular complexity index is 658. The third-order valence-corrected chi connectivity index (χ3v) is 3.83. The van der Waals surface area contributed by atoms with Crippen LogP contribution in [0.3, 0.4) is 0 Å². The Morgan fingerprint density at radius 3 is 2.95 bits per heavy atom. The number of ether oxygens (including phenoxy) is 2. The molecule has 0 aromatic carbocycles. The van der Waals surface area contributed by atoms with Gasteiger partial charge >= 0.3 is 0 Å². The summed E-state index contributed by atoms with van der Waals surface area (Å²) < 4.78 is 11.6. The van der Waals surface area contributed by atoms with E-state index in [-0.39, 0.29) is 6.04 Å². The van der Waals surface area contributed by atoms with E-state index < -0.39 is 0 Å². The SMILES string of the molecule is CCC(C)[C@@H]1COC(c2cccnc2Oc2cccnc2)=N1. The zero-order valence-corrected chi connectivity index (χ0v) is 12.8. The molecule has 0 saturated carbocycles. The average molecular weight is 297 g/mol. The lowest BCUT2D eigenvalue weighted by Crippen LogP contribution is -2.16. The maximum Gasteiger partial charge on any atom is 0.232 e. The number of hydrogen-bond acceptors (Lipinski definition) is 5. The molecule has 0 radical (unpaired) electrons. The van der Waals surface area contributed by atoms with E-state index in [0.717, 1.165) is 12.0 Å². The summed E-state index contributed by atoms with van der Waals surface area (Å²) in [6.07, 6.45) is 6.12. The molecule has 22 heavy (non-hydrogen) atoms. The van der Waals surface area contributed by atoms with Crippen molar-refractivity contribution in [3.63, 3.8) is 0 Å². The van der Waals surface area contributed by atoms with Crippen LogP contribution in [0.5, 0.6) is 11.6 Å². The lowest BCUT2D eigenvalue weighted by molar-refractivity contribution is 0.281. The van der Waals surface area contributed by atoms with Crippen LogP contribution in [0.1, 0.15) is 25.8 Å². The fourth-order valence-electron chi connectivity index (χ4n) is 2.25. The summed E-state index contributed by atoms with van der Waals surface area (Å²) >= 11 is 0. The molecule has 2 aromatic rings. The summed E-state index contributed by atoms with van der Waals surface area (Å²) in [6, 6.07) is 7.63. The molecule has 3 rings (SSSR count). The molecule has 0 spiro atoms. The number of aliphatic imine (C=N–C) groups is 1. The first kappa shape index (κ1) is 14.5. The van der Waals surface area contributed by atoms with Gasteiger partial charge in [-0.1, -0.05) is 20.3 Å². The van der Waals surface area contributed by atoms with E-state index >= 15 is 0 Å². The summed E-state index contributed by atoms with van der Waals surface area (Å²) in [6.45, 7) is 4.97. The highest BCUT2D eigenvalue weighted by Crippen LogP contribution is 2.26. The van der Waals surface area contributed by atoms with Crippen LogP contribution in [0.25, 0.3) is 0 Å². The van der Waals surface area contributed by atoms with Crippen LogP contribution in [0, 0.1) is 5.92 Å². The molecule has 1 aliphatic rings. The van der Waals surface area contributed by atoms with Crippen molar-refractivity contribution >= 4 is 5.90 Å². The zero-order chi connectivity index (χ0) is 15.4. The molecule has 5 heteroatoms. The summed E-state index contributed by atoms with van der Waals surface area (Å²) in [5.41, 5.74) is 0.775. The molecule has 0 fully saturated rings. The lowest BCUT2D eigenvalue weighted by Gasteiger charge is -2.11. The van der Waals surface area contributed by atoms with E-state index in [1.807, 2.05) is 24.3 Å². The minimum absolute atomic E-state index is 0.200. The maximum absolute atomic E-state index is 5.81. The van der Waals surface area contributed by atoms with Gasteiger partial charge in [-0.2, -0.15) is 0 Å². The number of hydrogen-bond donors (Lipinski definition) is 0. The molecule has 0 bridgehead atoms. The van der Waals surface area contributed by atoms with Crippen LogP contribution in [0.4, 0.5) is 0 Å². The first-order valence-corrected chi connectivity index (χ1v) is 7.51. The monoisotopic (exact) mass is 297 g/mol. The van der Waals surface area contributed by atoms with Crippen molar-refractivity contribution in [1.29, 1.82) is 0 Å². The maximum atomic E-state index is 5.81. The summed E-state index contributed by atoms with van der Waals surface area (Å²) in [7, 11) is 0. The molecule has 2 aromatic heterocycles. The highest BCUT2D eigenvalue weighted by atomic mass is 16.5. The number of pyridine rings is 2. The zero-order valence-electron chi connectivity index (χ0n) is 12.8. The van der Waals surface area contributed by atoms with Crippen molar-refractivity contribution in [3.05, 3.63) is 48.4 Å². The van der Waals surface area contributed by atoms with E-state index in [4.69, 9.17) is 14.5 Å². The van der Waals surface area contributed by atoms with Crippen LogP contribution < -0.4 is 4.74 Å². The molecule has 0 N–H and O–H groups in total. The molecule has 114 valence electrons. The second-order valence-corrected chi connectivity index (χ2v) is 5.35. The Morgan fingerprint density at radius 1 is 1.32 bits per heavy atom. The normalized spacial score (nSPS) is 18.5. The topological polar surface area (TPSA) is 56.6 Å². The molecule has 1 aliphatic heterocycles. The fourth-order valence-corrected chi connectivity index (χ4v) is 2.25. The smallest absolute Gasteiger partial charge is 0.232 e. The third-order valence-electron chi connectivity index (χ3n) is 3.83. The van der Waals surface area contributed by atoms with Crippen molar-refractivity contribution < 1.29 is 9.47 Å². The van der Waals surface area contributed by atoms with Gasteiger partial charge in [0.1, 0.15) is 12.4 Å². The van der Waals surface area contributed by atoms with E-state index in [1.165, 1.54) is 0 Å². The first-order valence-electron chi connectivity index (χ1n) is 7.51. The highest BCUT2D eigenvalue weighted by molar-refractivity contribution is 5.97. The standard InChI is InChI=1S/C17H19N3O2/c1-3-12(2)15-11-21-17(20-15)14-7-5-9-19-16(14)22-13-6-4-8-18-10-13/h4-10,12,15H,3,11H2,1-2H3/t12?,15-/m0/s1. The van der Waals surface area contributed by atoms with Gasteiger partial charge in [-0.15, -0.1) is 0 Å². The summed E-state index contributed by atoms with van der Waals surface area (Å²) in [5, 5.41) is 0. The summed E-state index contributed by atoms with van der Waals surface area (Å²) in [5.74, 6) is 2.23. The van der Waals surface area contributed by atoms with Gasteiger partial charge in [0.15, 0.2) is 0 Å². The van der Waals surface area contributed by atoms with Crippen LogP contribution in [0.2, 0.25) is 0 Å². The highest BCUT2D eigenvalue weighted by Gasteiger charge is 2.26. The van der Waals surface area contributed by atoms with E-state index in [0.29, 0.717) is 30.1 Å². The van der Waals surface area contributed by atoms with Gasteiger partial charge in [-0.3, -0.25) is 4.98 Å². The van der Waals surface area contributed by atoms with Crippen LogP contribution in [-0.4, -0.2) is 28.5 Å². The predicted molar refractivity (Wildman–Crippen MR) is 84.3 cm³/mol. The molecule has 1 unspecified atom stereocenters. The second kappa shape index (κ2) is 6.56. The average Bonchev–Trinajstić information content (AvgIpc) is 3.05. The van der Waals surface area contributed by atoms with Gasteiger partial charge in [-0.05, 0) is 30.2 Å². The van der Waals surface area contributed by atoms with Crippen molar-refractivity contribution in [2.24, 2.45) is 10.9 Å². The Morgan fingerprint density at radius 2 is 2.18 bits per heavy atom. The predicted octanol–water partition coefficient (Wildman–Crippen LogP) is 3.46. The minimum atomic E-state index is 0.200. The van der Waals surface area contributed by atoms with Gasteiger partial charge in [-0.25, -0.2) is 9.98 Å². The third kappa shape index (κ3) is 3.08. The van der Waals surface area contributed by atoms with E-state index in [9.17, 15) is 0 Å². The number of nitrogens with zero attached hydrogens (tertiary/aromatic N) is 3. The van der Waals surface area contributed by atoms with Crippen molar-refractivity contribution in [2.45, 2.75) is 26.3 Å². The van der Waals surface area contributed by atoms with Crippen molar-refractivity contribution in [1.82, 2.24) is 9.97 Å². The molecule has 0 amide bonds. The van der Waals surface area contributed by atoms with Gasteiger partial charge in [0.05, 0.1) is 17.8 Å². The second-order valence-electron chi connectivity index (χ2n) is 5.35. The van der Waals surface area contributed by atoms with E-state index in [1.54, 1.807) is 18.6 Å². The Labute approximate surface area is 130 Å². The molecule has 3 heterocycles. The molecule has 0 saturated heterocycles. The molecular weight excluding hydrogens is 278 g/mol. The van der Waals surface area contributed by atoms with Gasteiger partial charge < -0.3 is 9.47 Å². The van der Waals surface area contributed by atoms with Crippen molar-refractivity contribution in [3.8, 4) is 11.6 Å². The molecule has 2 atom stereocenters. The van der Waals surface area contributed by atoms with Crippen molar-refractivity contribution in [2.75, 3.05) is 6.61 Å². The quantitative estimate of drug-likeness (QED) is 0.848. The minimum Gasteiger partial charge on any atom is -0.475 e. The fraction of sp³-hybridized carbons (Fsp3) is 0.353. The van der Waals surface area contributed by atoms with Gasteiger partial charge in [0, 0.05) is 12.4 Å². The summed E-state index contributed by atoms with van der Waals surface area (Å²) in [4.78, 5) is 13.0. The molecule has 5 nitrogen and oxygen atoms in total. The van der Waals surface area contributed by atoms with Crippen LogP contribution >= 0.6 is 0 Å². The lowest BCUT2D eigenvalue weighted by atomic mass is 10.0. The van der Waals surface area contributed by atoms with Crippen LogP contribution in [-0.2, 0) is 4.74 Å².